The zero-order chi connectivity index (χ0) is 15.9. The first kappa shape index (κ1) is 16.1. The maximum absolute atomic E-state index is 11.8. The number of amidine groups is 1. The van der Waals surface area contributed by atoms with Crippen molar-refractivity contribution in [1.82, 2.24) is 0 Å². The third-order valence-electron chi connectivity index (χ3n) is 3.57. The van der Waals surface area contributed by atoms with Crippen molar-refractivity contribution in [2.75, 3.05) is 13.7 Å². The lowest BCUT2D eigenvalue weighted by Crippen LogP contribution is -2.24. The molecule has 0 aromatic heterocycles. The van der Waals surface area contributed by atoms with Crippen molar-refractivity contribution in [1.29, 1.82) is 0 Å². The quantitative estimate of drug-likeness (QED) is 0.847. The number of aliphatic imine (C=N–C) groups is 1. The molecular formula is C17H22N2O3. The highest BCUT2D eigenvalue weighted by atomic mass is 16.5. The summed E-state index contributed by atoms with van der Waals surface area (Å²) >= 11 is 0. The summed E-state index contributed by atoms with van der Waals surface area (Å²) in [6.07, 6.45) is 4.23. The summed E-state index contributed by atoms with van der Waals surface area (Å²) in [6.45, 7) is 2.10. The molecule has 0 radical (unpaired) electrons. The molecule has 0 amide bonds. The zero-order valence-corrected chi connectivity index (χ0v) is 13.0. The maximum Gasteiger partial charge on any atom is 0.341 e. The van der Waals surface area contributed by atoms with Crippen LogP contribution in [0.1, 0.15) is 25.3 Å². The van der Waals surface area contributed by atoms with Crippen LogP contribution in [-0.4, -0.2) is 31.6 Å². The molecule has 5 heteroatoms. The average Bonchev–Trinajstić information content (AvgIpc) is 2.69. The number of ether oxygens (including phenoxy) is 2. The summed E-state index contributed by atoms with van der Waals surface area (Å²) in [7, 11) is 1.65. The highest BCUT2D eigenvalue weighted by molar-refractivity contribution is 6.18. The van der Waals surface area contributed by atoms with Crippen molar-refractivity contribution in [2.24, 2.45) is 10.7 Å². The molecule has 22 heavy (non-hydrogen) atoms. The summed E-state index contributed by atoms with van der Waals surface area (Å²) in [6, 6.07) is 7.98. The third-order valence-corrected chi connectivity index (χ3v) is 3.57. The van der Waals surface area contributed by atoms with Crippen molar-refractivity contribution in [3.63, 3.8) is 0 Å². The van der Waals surface area contributed by atoms with Crippen molar-refractivity contribution < 1.29 is 14.3 Å². The molecule has 1 atom stereocenters. The van der Waals surface area contributed by atoms with Crippen LogP contribution in [0, 0.1) is 0 Å². The van der Waals surface area contributed by atoms with Gasteiger partial charge in [0.2, 0.25) is 0 Å². The minimum atomic E-state index is -0.395. The summed E-state index contributed by atoms with van der Waals surface area (Å²) in [4.78, 5) is 16.3. The van der Waals surface area contributed by atoms with E-state index in [-0.39, 0.29) is 11.9 Å². The van der Waals surface area contributed by atoms with Gasteiger partial charge < -0.3 is 15.2 Å². The minimum Gasteiger partial charge on any atom is -0.497 e. The van der Waals surface area contributed by atoms with Gasteiger partial charge in [0.25, 0.3) is 0 Å². The van der Waals surface area contributed by atoms with Crippen LogP contribution in [0.5, 0.6) is 5.75 Å². The second kappa shape index (κ2) is 7.64. The Morgan fingerprint density at radius 1 is 1.36 bits per heavy atom. The fourth-order valence-electron chi connectivity index (χ4n) is 2.43. The number of hydrogen-bond donors (Lipinski definition) is 1. The molecule has 0 saturated carbocycles. The molecule has 2 N–H and O–H groups in total. The first-order valence-electron chi connectivity index (χ1n) is 7.48. The Morgan fingerprint density at radius 3 is 2.73 bits per heavy atom. The highest BCUT2D eigenvalue weighted by Gasteiger charge is 2.20. The van der Waals surface area contributed by atoms with Gasteiger partial charge in [-0.2, -0.15) is 0 Å². The minimum absolute atomic E-state index is 0.0663. The van der Waals surface area contributed by atoms with Crippen LogP contribution in [0.4, 0.5) is 0 Å². The van der Waals surface area contributed by atoms with E-state index < -0.39 is 5.97 Å². The van der Waals surface area contributed by atoms with Gasteiger partial charge in [-0.15, -0.1) is 0 Å². The Kier molecular flexibility index (Phi) is 5.58. The molecular weight excluding hydrogens is 280 g/mol. The van der Waals surface area contributed by atoms with Crippen molar-refractivity contribution in [3.05, 3.63) is 41.5 Å². The van der Waals surface area contributed by atoms with Crippen LogP contribution >= 0.6 is 0 Å². The first-order valence-corrected chi connectivity index (χ1v) is 7.48. The lowest BCUT2D eigenvalue weighted by Gasteiger charge is -2.11. The van der Waals surface area contributed by atoms with E-state index >= 15 is 0 Å². The van der Waals surface area contributed by atoms with E-state index in [0.717, 1.165) is 25.0 Å². The zero-order valence-electron chi connectivity index (χ0n) is 13.0. The second-order valence-corrected chi connectivity index (χ2v) is 5.14. The summed E-state index contributed by atoms with van der Waals surface area (Å²) in [5, 5.41) is 0. The van der Waals surface area contributed by atoms with Gasteiger partial charge in [0, 0.05) is 0 Å². The number of carbonyl (C=O) groups is 1. The molecule has 118 valence electrons. The third kappa shape index (κ3) is 4.10. The maximum atomic E-state index is 11.8. The van der Waals surface area contributed by atoms with Gasteiger partial charge in [-0.05, 0) is 43.9 Å². The van der Waals surface area contributed by atoms with Crippen LogP contribution in [-0.2, 0) is 16.0 Å². The average molecular weight is 302 g/mol. The molecule has 1 heterocycles. The Hall–Kier alpha value is -2.30. The van der Waals surface area contributed by atoms with E-state index in [0.29, 0.717) is 12.2 Å². The fraction of sp³-hybridized carbons (Fsp3) is 0.412. The Morgan fingerprint density at radius 2 is 2.09 bits per heavy atom. The van der Waals surface area contributed by atoms with Crippen molar-refractivity contribution in [2.45, 2.75) is 32.2 Å². The standard InChI is InChI=1S/C17H22N2O3/c1-3-22-17(20)15-6-4-5-13(19-16(15)18)11-12-7-9-14(21-2)10-8-12/h6-10,13H,3-5,11H2,1-2H3,(H2,18,19)/t13-/m0/s1. The Bertz CT molecular complexity index is 576. The molecule has 0 spiro atoms. The molecule has 1 aromatic carbocycles. The monoisotopic (exact) mass is 302 g/mol. The van der Waals surface area contributed by atoms with Gasteiger partial charge in [-0.3, -0.25) is 4.99 Å². The molecule has 0 aliphatic carbocycles. The van der Waals surface area contributed by atoms with E-state index in [4.69, 9.17) is 15.2 Å². The summed E-state index contributed by atoms with van der Waals surface area (Å²) < 4.78 is 10.2. The largest absolute Gasteiger partial charge is 0.497 e. The van der Waals surface area contributed by atoms with Crippen LogP contribution in [0.3, 0.4) is 0 Å². The smallest absolute Gasteiger partial charge is 0.341 e. The van der Waals surface area contributed by atoms with Gasteiger partial charge in [0.05, 0.1) is 25.3 Å². The molecule has 1 aliphatic heterocycles. The number of esters is 1. The summed E-state index contributed by atoms with van der Waals surface area (Å²) in [5.74, 6) is 0.710. The molecule has 0 saturated heterocycles. The molecule has 0 fully saturated rings. The molecule has 1 aromatic rings. The first-order chi connectivity index (χ1) is 10.6. The predicted molar refractivity (Wildman–Crippen MR) is 86.1 cm³/mol. The van der Waals surface area contributed by atoms with Crippen molar-refractivity contribution >= 4 is 11.8 Å². The number of benzene rings is 1. The number of carbonyl (C=O) groups excluding carboxylic acids is 1. The number of hydrogen-bond acceptors (Lipinski definition) is 5. The number of allylic oxidation sites excluding steroid dienone is 1. The van der Waals surface area contributed by atoms with Crippen LogP contribution in [0.25, 0.3) is 0 Å². The number of rotatable bonds is 5. The van der Waals surface area contributed by atoms with Crippen molar-refractivity contribution in [3.8, 4) is 5.75 Å². The van der Waals surface area contributed by atoms with E-state index in [1.807, 2.05) is 30.3 Å². The molecule has 1 aliphatic rings. The lowest BCUT2D eigenvalue weighted by atomic mass is 10.0. The Balaban J connectivity index is 2.06. The Labute approximate surface area is 130 Å². The van der Waals surface area contributed by atoms with Crippen LogP contribution in [0.15, 0.2) is 40.9 Å². The number of nitrogens with zero attached hydrogens (tertiary/aromatic N) is 1. The topological polar surface area (TPSA) is 73.9 Å². The van der Waals surface area contributed by atoms with Gasteiger partial charge in [-0.25, -0.2) is 4.79 Å². The van der Waals surface area contributed by atoms with E-state index in [1.54, 1.807) is 14.0 Å². The summed E-state index contributed by atoms with van der Waals surface area (Å²) in [5.41, 5.74) is 7.52. The molecule has 0 bridgehead atoms. The molecule has 2 rings (SSSR count). The second-order valence-electron chi connectivity index (χ2n) is 5.14. The van der Waals surface area contributed by atoms with Crippen LogP contribution < -0.4 is 10.5 Å². The highest BCUT2D eigenvalue weighted by Crippen LogP contribution is 2.19. The van der Waals surface area contributed by atoms with E-state index in [9.17, 15) is 4.79 Å². The fourth-order valence-corrected chi connectivity index (χ4v) is 2.43. The van der Waals surface area contributed by atoms with Gasteiger partial charge >= 0.3 is 5.97 Å². The number of methoxy groups -OCH3 is 1. The number of nitrogens with two attached hydrogens (primary N) is 1. The normalized spacial score (nSPS) is 18.0. The molecule has 5 nitrogen and oxygen atoms in total. The predicted octanol–water partition coefficient (Wildman–Crippen LogP) is 2.25. The van der Waals surface area contributed by atoms with Gasteiger partial charge in [-0.1, -0.05) is 18.2 Å². The van der Waals surface area contributed by atoms with Crippen LogP contribution in [0.2, 0.25) is 0 Å². The van der Waals surface area contributed by atoms with E-state index in [1.165, 1.54) is 5.56 Å². The molecule has 0 unspecified atom stereocenters. The van der Waals surface area contributed by atoms with Gasteiger partial charge in [0.1, 0.15) is 11.6 Å². The van der Waals surface area contributed by atoms with E-state index in [2.05, 4.69) is 4.99 Å². The van der Waals surface area contributed by atoms with Gasteiger partial charge in [0.15, 0.2) is 0 Å². The lowest BCUT2D eigenvalue weighted by molar-refractivity contribution is -0.137. The SMILES string of the molecule is CCOC(=O)C1=CCC[C@@H](Cc2ccc(OC)cc2)N=C1N.